The minimum atomic E-state index is -1.03. The molecule has 1 aliphatic carbocycles. The number of fused-ring (bicyclic) bond motifs is 1. The molecule has 1 amide bonds. The van der Waals surface area contributed by atoms with Crippen molar-refractivity contribution in [2.45, 2.75) is 31.3 Å². The number of carbonyl (C=O) groups excluding carboxylic acids is 1. The van der Waals surface area contributed by atoms with Crippen molar-refractivity contribution in [3.05, 3.63) is 70.8 Å². The number of amides is 1. The molecule has 4 nitrogen and oxygen atoms in total. The highest BCUT2D eigenvalue weighted by atomic mass is 19.2. The van der Waals surface area contributed by atoms with E-state index in [2.05, 4.69) is 0 Å². The predicted octanol–water partition coefficient (Wildman–Crippen LogP) is 3.11. The van der Waals surface area contributed by atoms with E-state index in [1.807, 2.05) is 24.3 Å². The second-order valence-corrected chi connectivity index (χ2v) is 6.92. The van der Waals surface area contributed by atoms with Crippen LogP contribution in [0.15, 0.2) is 42.5 Å². The summed E-state index contributed by atoms with van der Waals surface area (Å²) in [6.07, 6.45) is 0.800. The molecule has 3 unspecified atom stereocenters. The molecule has 1 fully saturated rings. The van der Waals surface area contributed by atoms with E-state index in [0.717, 1.165) is 23.3 Å². The van der Waals surface area contributed by atoms with Gasteiger partial charge in [0.2, 0.25) is 5.91 Å². The van der Waals surface area contributed by atoms with Crippen molar-refractivity contribution >= 4 is 11.9 Å². The van der Waals surface area contributed by atoms with Gasteiger partial charge in [0.25, 0.3) is 0 Å². The van der Waals surface area contributed by atoms with Crippen molar-refractivity contribution < 1.29 is 23.5 Å². The third-order valence-corrected chi connectivity index (χ3v) is 5.30. The van der Waals surface area contributed by atoms with Gasteiger partial charge in [-0.25, -0.2) is 13.6 Å². The Morgan fingerprint density at radius 3 is 2.46 bits per heavy atom. The first kappa shape index (κ1) is 16.7. The number of halogens is 2. The minimum absolute atomic E-state index is 0.191. The van der Waals surface area contributed by atoms with E-state index in [1.54, 1.807) is 0 Å². The first-order chi connectivity index (χ1) is 12.5. The summed E-state index contributed by atoms with van der Waals surface area (Å²) >= 11 is 0. The number of carboxylic acid groups (broad SMARTS) is 1. The molecule has 2 aliphatic rings. The van der Waals surface area contributed by atoms with Crippen LogP contribution in [0.2, 0.25) is 0 Å². The molecule has 1 heterocycles. The Hall–Kier alpha value is -2.76. The van der Waals surface area contributed by atoms with Crippen LogP contribution in [0.25, 0.3) is 0 Å². The molecule has 1 saturated carbocycles. The van der Waals surface area contributed by atoms with Crippen molar-refractivity contribution in [1.29, 1.82) is 0 Å². The van der Waals surface area contributed by atoms with Gasteiger partial charge in [0.1, 0.15) is 6.04 Å². The van der Waals surface area contributed by atoms with Gasteiger partial charge in [0.15, 0.2) is 11.6 Å². The molecule has 134 valence electrons. The van der Waals surface area contributed by atoms with Gasteiger partial charge >= 0.3 is 5.97 Å². The van der Waals surface area contributed by atoms with E-state index in [9.17, 15) is 23.5 Å². The highest BCUT2D eigenvalue weighted by Crippen LogP contribution is 2.49. The normalized spacial score (nSPS) is 24.1. The smallest absolute Gasteiger partial charge is 0.326 e. The summed E-state index contributed by atoms with van der Waals surface area (Å²) in [6.45, 7) is 0.257. The largest absolute Gasteiger partial charge is 0.480 e. The number of hydrogen-bond acceptors (Lipinski definition) is 2. The average Bonchev–Trinajstić information content (AvgIpc) is 3.43. The van der Waals surface area contributed by atoms with Crippen molar-refractivity contribution in [2.75, 3.05) is 0 Å². The Kier molecular flexibility index (Phi) is 3.98. The topological polar surface area (TPSA) is 57.6 Å². The average molecular weight is 357 g/mol. The molecule has 0 saturated heterocycles. The summed E-state index contributed by atoms with van der Waals surface area (Å²) in [5, 5.41) is 9.55. The first-order valence-electron chi connectivity index (χ1n) is 8.50. The Labute approximate surface area is 149 Å². The zero-order chi connectivity index (χ0) is 18.4. The van der Waals surface area contributed by atoms with Gasteiger partial charge < -0.3 is 10.0 Å². The highest BCUT2D eigenvalue weighted by Gasteiger charge is 2.48. The second kappa shape index (κ2) is 6.20. The molecule has 1 N–H and O–H groups in total. The third kappa shape index (κ3) is 2.85. The van der Waals surface area contributed by atoms with Crippen LogP contribution in [-0.4, -0.2) is 27.9 Å². The van der Waals surface area contributed by atoms with Crippen molar-refractivity contribution in [2.24, 2.45) is 5.92 Å². The number of hydrogen-bond donors (Lipinski definition) is 1. The molecule has 1 aliphatic heterocycles. The van der Waals surface area contributed by atoms with Crippen LogP contribution >= 0.6 is 0 Å². The minimum Gasteiger partial charge on any atom is -0.480 e. The lowest BCUT2D eigenvalue weighted by molar-refractivity contribution is -0.152. The Bertz CT molecular complexity index is 898. The van der Waals surface area contributed by atoms with Crippen molar-refractivity contribution in [3.8, 4) is 0 Å². The van der Waals surface area contributed by atoms with Gasteiger partial charge in [-0.2, -0.15) is 0 Å². The molecular formula is C20H17F2NO3. The van der Waals surface area contributed by atoms with E-state index in [-0.39, 0.29) is 30.7 Å². The van der Waals surface area contributed by atoms with Crippen LogP contribution in [-0.2, 0) is 22.6 Å². The number of aliphatic carboxylic acids is 1. The van der Waals surface area contributed by atoms with Crippen LogP contribution in [0.3, 0.4) is 0 Å². The summed E-state index contributed by atoms with van der Waals surface area (Å²) in [4.78, 5) is 26.0. The highest BCUT2D eigenvalue weighted by molar-refractivity contribution is 5.88. The lowest BCUT2D eigenvalue weighted by atomic mass is 9.93. The zero-order valence-corrected chi connectivity index (χ0v) is 13.9. The third-order valence-electron chi connectivity index (χ3n) is 5.30. The number of nitrogens with zero attached hydrogens (tertiary/aromatic N) is 1. The molecule has 4 rings (SSSR count). The lowest BCUT2D eigenvalue weighted by Crippen LogP contribution is -2.49. The van der Waals surface area contributed by atoms with Gasteiger partial charge in [-0.15, -0.1) is 0 Å². The second-order valence-electron chi connectivity index (χ2n) is 6.92. The van der Waals surface area contributed by atoms with Gasteiger partial charge in [-0.05, 0) is 41.2 Å². The monoisotopic (exact) mass is 357 g/mol. The maximum absolute atomic E-state index is 13.4. The fourth-order valence-corrected chi connectivity index (χ4v) is 3.77. The quantitative estimate of drug-likeness (QED) is 0.918. The van der Waals surface area contributed by atoms with E-state index in [0.29, 0.717) is 12.0 Å². The van der Waals surface area contributed by atoms with E-state index < -0.39 is 23.6 Å². The molecule has 0 radical (unpaired) electrons. The number of carbonyl (C=O) groups is 2. The van der Waals surface area contributed by atoms with Gasteiger partial charge in [0, 0.05) is 18.9 Å². The van der Waals surface area contributed by atoms with Crippen LogP contribution in [0.4, 0.5) is 8.78 Å². The van der Waals surface area contributed by atoms with Gasteiger partial charge in [-0.3, -0.25) is 4.79 Å². The number of rotatable bonds is 3. The van der Waals surface area contributed by atoms with Gasteiger partial charge in [0.05, 0.1) is 0 Å². The zero-order valence-electron chi connectivity index (χ0n) is 13.9. The van der Waals surface area contributed by atoms with Crippen LogP contribution in [0.1, 0.15) is 29.0 Å². The summed E-state index contributed by atoms with van der Waals surface area (Å²) in [5.41, 5.74) is 2.46. The molecule has 3 atom stereocenters. The summed E-state index contributed by atoms with van der Waals surface area (Å²) in [6, 6.07) is 10.3. The molecular weight excluding hydrogens is 340 g/mol. The fraction of sp³-hybridized carbons (Fsp3) is 0.300. The Balaban J connectivity index is 1.56. The maximum Gasteiger partial charge on any atom is 0.326 e. The first-order valence-corrected chi connectivity index (χ1v) is 8.50. The van der Waals surface area contributed by atoms with E-state index in [1.165, 1.54) is 11.0 Å². The summed E-state index contributed by atoms with van der Waals surface area (Å²) in [5.74, 6) is -3.69. The molecule has 2 aromatic carbocycles. The molecule has 2 aromatic rings. The SMILES string of the molecule is O=C(O)C1Cc2ccccc2CN1C(=O)C1CC1c1ccc(F)c(F)c1. The van der Waals surface area contributed by atoms with E-state index >= 15 is 0 Å². The number of carboxylic acids is 1. The Morgan fingerprint density at radius 2 is 1.77 bits per heavy atom. The molecule has 26 heavy (non-hydrogen) atoms. The summed E-state index contributed by atoms with van der Waals surface area (Å²) in [7, 11) is 0. The van der Waals surface area contributed by atoms with Crippen LogP contribution in [0.5, 0.6) is 0 Å². The molecule has 0 bridgehead atoms. The lowest BCUT2D eigenvalue weighted by Gasteiger charge is -2.34. The molecule has 0 spiro atoms. The Morgan fingerprint density at radius 1 is 1.04 bits per heavy atom. The molecule has 0 aromatic heterocycles. The molecule has 6 heteroatoms. The predicted molar refractivity (Wildman–Crippen MR) is 89.3 cm³/mol. The standard InChI is InChI=1S/C20H17F2NO3/c21-16-6-5-12(7-17(16)22)14-9-15(14)19(24)23-10-13-4-2-1-3-11(13)8-18(23)20(25)26/h1-7,14-15,18H,8-10H2,(H,25,26). The van der Waals surface area contributed by atoms with Crippen LogP contribution < -0.4 is 0 Å². The summed E-state index contributed by atoms with van der Waals surface area (Å²) < 4.78 is 26.5. The maximum atomic E-state index is 13.4. The van der Waals surface area contributed by atoms with Crippen molar-refractivity contribution in [1.82, 2.24) is 4.90 Å². The van der Waals surface area contributed by atoms with Gasteiger partial charge in [-0.1, -0.05) is 30.3 Å². The van der Waals surface area contributed by atoms with Crippen LogP contribution in [0, 0.1) is 17.6 Å². The number of benzene rings is 2. The van der Waals surface area contributed by atoms with E-state index in [4.69, 9.17) is 0 Å². The fourth-order valence-electron chi connectivity index (χ4n) is 3.77. The van der Waals surface area contributed by atoms with Crippen molar-refractivity contribution in [3.63, 3.8) is 0 Å².